The fourth-order valence-corrected chi connectivity index (χ4v) is 3.68. The Bertz CT molecular complexity index is 976. The van der Waals surface area contributed by atoms with Crippen LogP contribution in [0.25, 0.3) is 0 Å². The van der Waals surface area contributed by atoms with Crippen molar-refractivity contribution < 1.29 is 19.3 Å². The summed E-state index contributed by atoms with van der Waals surface area (Å²) in [5.41, 5.74) is -0.373. The number of imide groups is 1. The molecule has 3 rings (SSSR count). The molecule has 2 aromatic rings. The molecule has 0 fully saturated rings. The lowest BCUT2D eigenvalue weighted by Crippen LogP contribution is -2.37. The first-order valence-electron chi connectivity index (χ1n) is 7.18. The van der Waals surface area contributed by atoms with E-state index in [-0.39, 0.29) is 11.1 Å². The van der Waals surface area contributed by atoms with E-state index in [0.29, 0.717) is 15.1 Å². The minimum absolute atomic E-state index is 0.0816. The third-order valence-corrected chi connectivity index (χ3v) is 4.83. The fourth-order valence-electron chi connectivity index (χ4n) is 2.54. The molecule has 0 bridgehead atoms. The number of nitro groups is 1. The highest BCUT2D eigenvalue weighted by Gasteiger charge is 2.41. The lowest BCUT2D eigenvalue weighted by Gasteiger charge is -2.14. The number of anilines is 1. The van der Waals surface area contributed by atoms with Crippen LogP contribution in [-0.4, -0.2) is 34.1 Å². The van der Waals surface area contributed by atoms with Crippen molar-refractivity contribution in [3.63, 3.8) is 0 Å². The van der Waals surface area contributed by atoms with Gasteiger partial charge in [-0.05, 0) is 40.2 Å². The lowest BCUT2D eigenvalue weighted by atomic mass is 10.1. The molecule has 10 heteroatoms. The normalized spacial score (nSPS) is 12.9. The molecule has 0 saturated heterocycles. The Balaban J connectivity index is 1.82. The number of amides is 3. The number of nitro benzene ring substituents is 1. The molecule has 3 amide bonds. The maximum atomic E-state index is 12.4. The second-order valence-electron chi connectivity index (χ2n) is 5.33. The van der Waals surface area contributed by atoms with Crippen LogP contribution in [-0.2, 0) is 4.79 Å². The number of carbonyl (C=O) groups excluding carboxylic acids is 3. The van der Waals surface area contributed by atoms with E-state index in [9.17, 15) is 24.5 Å². The first-order valence-corrected chi connectivity index (χ1v) is 8.76. The summed E-state index contributed by atoms with van der Waals surface area (Å²) in [7, 11) is 0. The molecule has 132 valence electrons. The monoisotopic (exact) mass is 481 g/mol. The van der Waals surface area contributed by atoms with Crippen LogP contribution in [0.3, 0.4) is 0 Å². The van der Waals surface area contributed by atoms with Gasteiger partial charge in [-0.25, -0.2) is 0 Å². The van der Waals surface area contributed by atoms with E-state index in [2.05, 4.69) is 37.2 Å². The number of rotatable bonds is 4. The van der Waals surface area contributed by atoms with Gasteiger partial charge in [0.25, 0.3) is 17.5 Å². The zero-order chi connectivity index (χ0) is 19.0. The van der Waals surface area contributed by atoms with Gasteiger partial charge in [0.15, 0.2) is 0 Å². The third kappa shape index (κ3) is 3.25. The second kappa shape index (κ2) is 6.96. The Morgan fingerprint density at radius 3 is 2.54 bits per heavy atom. The Kier molecular flexibility index (Phi) is 4.88. The standard InChI is InChI=1S/C16H9Br2N3O5/c17-8-4-5-11(10(18)6-8)19-13(22)7-20-15(23)9-2-1-3-12(21(25)26)14(9)16(20)24/h1-6H,7H2,(H,19,22). The predicted octanol–water partition coefficient (Wildman–Crippen LogP) is 3.35. The van der Waals surface area contributed by atoms with E-state index in [4.69, 9.17) is 0 Å². The van der Waals surface area contributed by atoms with Gasteiger partial charge in [-0.1, -0.05) is 22.0 Å². The Hall–Kier alpha value is -2.59. The number of carbonyl (C=O) groups is 3. The number of nitrogens with one attached hydrogen (secondary N) is 1. The summed E-state index contributed by atoms with van der Waals surface area (Å²) in [6.07, 6.45) is 0. The van der Waals surface area contributed by atoms with Gasteiger partial charge in [-0.3, -0.25) is 29.4 Å². The fraction of sp³-hybridized carbons (Fsp3) is 0.0625. The molecule has 26 heavy (non-hydrogen) atoms. The third-order valence-electron chi connectivity index (χ3n) is 3.68. The van der Waals surface area contributed by atoms with Crippen molar-refractivity contribution in [2.24, 2.45) is 0 Å². The van der Waals surface area contributed by atoms with Crippen LogP contribution in [0.2, 0.25) is 0 Å². The maximum absolute atomic E-state index is 12.4. The summed E-state index contributed by atoms with van der Waals surface area (Å²) in [6.45, 7) is -0.550. The van der Waals surface area contributed by atoms with Gasteiger partial charge in [0, 0.05) is 15.0 Å². The predicted molar refractivity (Wildman–Crippen MR) is 98.9 cm³/mol. The van der Waals surface area contributed by atoms with Gasteiger partial charge in [-0.2, -0.15) is 0 Å². The van der Waals surface area contributed by atoms with Crippen LogP contribution in [0.15, 0.2) is 45.3 Å². The van der Waals surface area contributed by atoms with Crippen molar-refractivity contribution in [3.05, 3.63) is 66.6 Å². The molecule has 2 aromatic carbocycles. The van der Waals surface area contributed by atoms with Gasteiger partial charge in [0.1, 0.15) is 12.1 Å². The molecule has 1 aliphatic heterocycles. The summed E-state index contributed by atoms with van der Waals surface area (Å²) < 4.78 is 1.41. The maximum Gasteiger partial charge on any atom is 0.282 e. The Labute approximate surface area is 163 Å². The first-order chi connectivity index (χ1) is 12.3. The van der Waals surface area contributed by atoms with E-state index >= 15 is 0 Å². The zero-order valence-electron chi connectivity index (χ0n) is 12.9. The summed E-state index contributed by atoms with van der Waals surface area (Å²) in [6, 6.07) is 8.87. The minimum atomic E-state index is -0.859. The second-order valence-corrected chi connectivity index (χ2v) is 7.10. The van der Waals surface area contributed by atoms with Crippen molar-refractivity contribution in [3.8, 4) is 0 Å². The molecule has 8 nitrogen and oxygen atoms in total. The number of hydrogen-bond donors (Lipinski definition) is 1. The van der Waals surface area contributed by atoms with Crippen LogP contribution in [0.5, 0.6) is 0 Å². The largest absolute Gasteiger partial charge is 0.323 e. The average Bonchev–Trinajstić information content (AvgIpc) is 2.82. The molecular formula is C16H9Br2N3O5. The Morgan fingerprint density at radius 1 is 1.15 bits per heavy atom. The van der Waals surface area contributed by atoms with E-state index in [1.54, 1.807) is 18.2 Å². The van der Waals surface area contributed by atoms with E-state index in [1.807, 2.05) is 0 Å². The van der Waals surface area contributed by atoms with Crippen molar-refractivity contribution in [1.82, 2.24) is 4.90 Å². The SMILES string of the molecule is O=C(CN1C(=O)c2cccc([N+](=O)[O-])c2C1=O)Nc1ccc(Br)cc1Br. The highest BCUT2D eigenvalue weighted by Crippen LogP contribution is 2.31. The van der Waals surface area contributed by atoms with E-state index < -0.39 is 34.9 Å². The van der Waals surface area contributed by atoms with Crippen LogP contribution < -0.4 is 5.32 Å². The van der Waals surface area contributed by atoms with Crippen LogP contribution in [0.4, 0.5) is 11.4 Å². The van der Waals surface area contributed by atoms with Crippen molar-refractivity contribution >= 4 is 61.0 Å². The molecule has 0 radical (unpaired) electrons. The summed E-state index contributed by atoms with van der Waals surface area (Å²) in [4.78, 5) is 48.1. The molecule has 0 unspecified atom stereocenters. The van der Waals surface area contributed by atoms with E-state index in [0.717, 1.165) is 10.5 Å². The van der Waals surface area contributed by atoms with Gasteiger partial charge in [0.2, 0.25) is 5.91 Å². The van der Waals surface area contributed by atoms with Crippen LogP contribution in [0, 0.1) is 10.1 Å². The minimum Gasteiger partial charge on any atom is -0.323 e. The molecule has 0 aromatic heterocycles. The van der Waals surface area contributed by atoms with Crippen LogP contribution >= 0.6 is 31.9 Å². The summed E-state index contributed by atoms with van der Waals surface area (Å²) in [5, 5.41) is 13.7. The average molecular weight is 483 g/mol. The molecule has 0 saturated carbocycles. The number of halogens is 2. The van der Waals surface area contributed by atoms with Crippen molar-refractivity contribution in [1.29, 1.82) is 0 Å². The number of hydrogen-bond acceptors (Lipinski definition) is 5. The highest BCUT2D eigenvalue weighted by atomic mass is 79.9. The van der Waals surface area contributed by atoms with Gasteiger partial charge in [0.05, 0.1) is 16.2 Å². The van der Waals surface area contributed by atoms with Gasteiger partial charge >= 0.3 is 0 Å². The number of fused-ring (bicyclic) bond motifs is 1. The molecule has 1 N–H and O–H groups in total. The topological polar surface area (TPSA) is 110 Å². The molecular weight excluding hydrogens is 474 g/mol. The summed E-state index contributed by atoms with van der Waals surface area (Å²) >= 11 is 6.58. The van der Waals surface area contributed by atoms with E-state index in [1.165, 1.54) is 12.1 Å². The smallest absolute Gasteiger partial charge is 0.282 e. The molecule has 0 spiro atoms. The van der Waals surface area contributed by atoms with Gasteiger partial charge in [-0.15, -0.1) is 0 Å². The molecule has 0 aliphatic carbocycles. The molecule has 1 heterocycles. The quantitative estimate of drug-likeness (QED) is 0.408. The van der Waals surface area contributed by atoms with Crippen LogP contribution in [0.1, 0.15) is 20.7 Å². The highest BCUT2D eigenvalue weighted by molar-refractivity contribution is 9.11. The van der Waals surface area contributed by atoms with Gasteiger partial charge < -0.3 is 5.32 Å². The zero-order valence-corrected chi connectivity index (χ0v) is 16.0. The summed E-state index contributed by atoms with van der Waals surface area (Å²) in [5.74, 6) is -2.20. The first kappa shape index (κ1) is 18.2. The van der Waals surface area contributed by atoms with Crippen molar-refractivity contribution in [2.75, 3.05) is 11.9 Å². The Morgan fingerprint density at radius 2 is 1.88 bits per heavy atom. The molecule has 1 aliphatic rings. The number of benzene rings is 2. The lowest BCUT2D eigenvalue weighted by molar-refractivity contribution is -0.385. The number of nitrogens with zero attached hydrogens (tertiary/aromatic N) is 2. The molecule has 0 atom stereocenters. The van der Waals surface area contributed by atoms with Crippen molar-refractivity contribution in [2.45, 2.75) is 0 Å².